The molecule has 9 heteroatoms. The van der Waals surface area contributed by atoms with Gasteiger partial charge in [0.25, 0.3) is 11.8 Å². The van der Waals surface area contributed by atoms with Crippen LogP contribution in [0.3, 0.4) is 0 Å². The van der Waals surface area contributed by atoms with E-state index in [0.717, 1.165) is 11.1 Å². The first kappa shape index (κ1) is 21.9. The van der Waals surface area contributed by atoms with E-state index in [2.05, 4.69) is 5.32 Å². The Labute approximate surface area is 165 Å². The number of nitrogens with zero attached hydrogens (tertiary/aromatic N) is 1. The zero-order chi connectivity index (χ0) is 21.1. The number of ether oxygens (including phenoxy) is 1. The van der Waals surface area contributed by atoms with E-state index < -0.39 is 39.8 Å². The highest BCUT2D eigenvalue weighted by Crippen LogP contribution is 2.17. The lowest BCUT2D eigenvalue weighted by atomic mass is 10.1. The molecular weight excluding hydrogens is 384 g/mol. The molecule has 1 heterocycles. The third-order valence-electron chi connectivity index (χ3n) is 4.92. The number of rotatable bonds is 6. The number of esters is 1. The molecule has 1 saturated heterocycles. The average Bonchev–Trinajstić information content (AvgIpc) is 3.00. The summed E-state index contributed by atoms with van der Waals surface area (Å²) in [4.78, 5) is 37.8. The standard InChI is InChI=1S/C19H26N2O6S/c1-12-5-6-15(9-13(12)2)18(23)20-10-17(22)27-14(3)19(24)21(4)16-7-8-28(25,26)11-16/h5-6,9,14,16H,7-8,10-11H2,1-4H3,(H,20,23)/t14-,16-/m1/s1. The Balaban J connectivity index is 1.83. The number of amides is 2. The summed E-state index contributed by atoms with van der Waals surface area (Å²) in [5.74, 6) is -1.66. The van der Waals surface area contributed by atoms with Crippen LogP contribution >= 0.6 is 0 Å². The van der Waals surface area contributed by atoms with Crippen LogP contribution in [0.15, 0.2) is 18.2 Å². The Hall–Kier alpha value is -2.42. The van der Waals surface area contributed by atoms with Gasteiger partial charge in [-0.1, -0.05) is 6.07 Å². The molecule has 2 amide bonds. The minimum atomic E-state index is -3.12. The monoisotopic (exact) mass is 410 g/mol. The summed E-state index contributed by atoms with van der Waals surface area (Å²) in [5.41, 5.74) is 2.45. The van der Waals surface area contributed by atoms with Crippen molar-refractivity contribution in [3.8, 4) is 0 Å². The minimum absolute atomic E-state index is 0.0496. The summed E-state index contributed by atoms with van der Waals surface area (Å²) in [6.45, 7) is 4.88. The number of likely N-dealkylation sites (N-methyl/N-ethyl adjacent to an activating group) is 1. The van der Waals surface area contributed by atoms with Gasteiger partial charge in [-0.3, -0.25) is 14.4 Å². The highest BCUT2D eigenvalue weighted by molar-refractivity contribution is 7.91. The van der Waals surface area contributed by atoms with Gasteiger partial charge in [0, 0.05) is 18.7 Å². The SMILES string of the molecule is Cc1ccc(C(=O)NCC(=O)O[C@H](C)C(=O)N(C)[C@@H]2CCS(=O)(=O)C2)cc1C. The zero-order valence-corrected chi connectivity index (χ0v) is 17.3. The van der Waals surface area contributed by atoms with E-state index in [0.29, 0.717) is 12.0 Å². The molecule has 0 spiro atoms. The molecule has 1 aromatic rings. The van der Waals surface area contributed by atoms with Gasteiger partial charge >= 0.3 is 5.97 Å². The molecule has 1 N–H and O–H groups in total. The van der Waals surface area contributed by atoms with Crippen LogP contribution in [0.1, 0.15) is 34.8 Å². The second-order valence-electron chi connectivity index (χ2n) is 7.12. The summed E-state index contributed by atoms with van der Waals surface area (Å²) in [5, 5.41) is 2.47. The van der Waals surface area contributed by atoms with E-state index in [9.17, 15) is 22.8 Å². The Bertz CT molecular complexity index is 880. The molecule has 8 nitrogen and oxygen atoms in total. The van der Waals surface area contributed by atoms with E-state index in [-0.39, 0.29) is 18.1 Å². The summed E-state index contributed by atoms with van der Waals surface area (Å²) in [6, 6.07) is 4.80. The number of hydrogen-bond acceptors (Lipinski definition) is 6. The highest BCUT2D eigenvalue weighted by atomic mass is 32.2. The lowest BCUT2D eigenvalue weighted by Gasteiger charge is -2.26. The van der Waals surface area contributed by atoms with Crippen molar-refractivity contribution in [2.45, 2.75) is 39.3 Å². The van der Waals surface area contributed by atoms with Crippen LogP contribution in [-0.2, 0) is 24.2 Å². The van der Waals surface area contributed by atoms with Gasteiger partial charge in [0.05, 0.1) is 11.5 Å². The summed E-state index contributed by atoms with van der Waals surface area (Å²) in [6.07, 6.45) is -0.698. The van der Waals surface area contributed by atoms with Gasteiger partial charge in [-0.2, -0.15) is 0 Å². The Morgan fingerprint density at radius 2 is 1.93 bits per heavy atom. The van der Waals surface area contributed by atoms with Crippen molar-refractivity contribution in [1.82, 2.24) is 10.2 Å². The van der Waals surface area contributed by atoms with Crippen LogP contribution < -0.4 is 5.32 Å². The first-order valence-corrected chi connectivity index (χ1v) is 10.8. The Morgan fingerprint density at radius 1 is 1.25 bits per heavy atom. The molecule has 0 unspecified atom stereocenters. The largest absolute Gasteiger partial charge is 0.451 e. The van der Waals surface area contributed by atoms with Crippen molar-refractivity contribution in [2.24, 2.45) is 0 Å². The van der Waals surface area contributed by atoms with Crippen LogP contribution in [0.2, 0.25) is 0 Å². The van der Waals surface area contributed by atoms with Crippen molar-refractivity contribution < 1.29 is 27.5 Å². The van der Waals surface area contributed by atoms with Gasteiger partial charge < -0.3 is 15.0 Å². The molecule has 2 rings (SSSR count). The lowest BCUT2D eigenvalue weighted by Crippen LogP contribution is -2.44. The molecule has 2 atom stereocenters. The van der Waals surface area contributed by atoms with Crippen LogP contribution in [0, 0.1) is 13.8 Å². The number of aryl methyl sites for hydroxylation is 2. The molecule has 1 aliphatic heterocycles. The van der Waals surface area contributed by atoms with Crippen LogP contribution in [-0.4, -0.2) is 68.3 Å². The Kier molecular flexibility index (Phi) is 6.82. The minimum Gasteiger partial charge on any atom is -0.451 e. The van der Waals surface area contributed by atoms with Crippen molar-refractivity contribution in [1.29, 1.82) is 0 Å². The molecule has 28 heavy (non-hydrogen) atoms. The first-order chi connectivity index (χ1) is 13.0. The molecule has 1 aliphatic rings. The second kappa shape index (κ2) is 8.72. The summed E-state index contributed by atoms with van der Waals surface area (Å²) < 4.78 is 28.2. The predicted molar refractivity (Wildman–Crippen MR) is 104 cm³/mol. The van der Waals surface area contributed by atoms with Gasteiger partial charge in [0.2, 0.25) is 0 Å². The van der Waals surface area contributed by atoms with E-state index in [4.69, 9.17) is 4.74 Å². The maximum absolute atomic E-state index is 12.4. The predicted octanol–water partition coefficient (Wildman–Crippen LogP) is 0.610. The summed E-state index contributed by atoms with van der Waals surface area (Å²) in [7, 11) is -1.62. The number of carbonyl (C=O) groups is 3. The van der Waals surface area contributed by atoms with Crippen LogP contribution in [0.4, 0.5) is 0 Å². The molecule has 0 aromatic heterocycles. The normalized spacial score (nSPS) is 18.9. The summed E-state index contributed by atoms with van der Waals surface area (Å²) >= 11 is 0. The number of carbonyl (C=O) groups excluding carboxylic acids is 3. The fourth-order valence-corrected chi connectivity index (χ4v) is 4.75. The van der Waals surface area contributed by atoms with Gasteiger partial charge in [0.1, 0.15) is 6.54 Å². The van der Waals surface area contributed by atoms with E-state index in [1.807, 2.05) is 19.9 Å². The molecule has 1 aromatic carbocycles. The number of nitrogens with one attached hydrogen (secondary N) is 1. The fraction of sp³-hybridized carbons (Fsp3) is 0.526. The van der Waals surface area contributed by atoms with Gasteiger partial charge in [-0.05, 0) is 50.5 Å². The maximum atomic E-state index is 12.4. The van der Waals surface area contributed by atoms with Crippen molar-refractivity contribution in [3.05, 3.63) is 34.9 Å². The number of sulfone groups is 1. The van der Waals surface area contributed by atoms with Gasteiger partial charge in [0.15, 0.2) is 15.9 Å². The molecule has 0 saturated carbocycles. The van der Waals surface area contributed by atoms with Gasteiger partial charge in [-0.15, -0.1) is 0 Å². The molecule has 0 bridgehead atoms. The number of hydrogen-bond donors (Lipinski definition) is 1. The quantitative estimate of drug-likeness (QED) is 0.688. The average molecular weight is 410 g/mol. The topological polar surface area (TPSA) is 110 Å². The highest BCUT2D eigenvalue weighted by Gasteiger charge is 2.34. The molecule has 154 valence electrons. The van der Waals surface area contributed by atoms with Crippen LogP contribution in [0.25, 0.3) is 0 Å². The van der Waals surface area contributed by atoms with E-state index in [1.165, 1.54) is 18.9 Å². The number of benzene rings is 1. The fourth-order valence-electron chi connectivity index (χ4n) is 2.97. The maximum Gasteiger partial charge on any atom is 0.326 e. The second-order valence-corrected chi connectivity index (χ2v) is 9.35. The smallest absolute Gasteiger partial charge is 0.326 e. The van der Waals surface area contributed by atoms with Crippen LogP contribution in [0.5, 0.6) is 0 Å². The van der Waals surface area contributed by atoms with Crippen molar-refractivity contribution in [2.75, 3.05) is 25.1 Å². The van der Waals surface area contributed by atoms with Gasteiger partial charge in [-0.25, -0.2) is 8.42 Å². The molecule has 0 aliphatic carbocycles. The molecular formula is C19H26N2O6S. The van der Waals surface area contributed by atoms with E-state index in [1.54, 1.807) is 12.1 Å². The first-order valence-electron chi connectivity index (χ1n) is 9.02. The third kappa shape index (κ3) is 5.54. The van der Waals surface area contributed by atoms with Crippen molar-refractivity contribution >= 4 is 27.6 Å². The molecule has 1 fully saturated rings. The van der Waals surface area contributed by atoms with Crippen molar-refractivity contribution in [3.63, 3.8) is 0 Å². The third-order valence-corrected chi connectivity index (χ3v) is 6.67. The molecule has 0 radical (unpaired) electrons. The lowest BCUT2D eigenvalue weighted by molar-refractivity contribution is -0.158. The van der Waals surface area contributed by atoms with E-state index >= 15 is 0 Å². The Morgan fingerprint density at radius 3 is 2.50 bits per heavy atom. The zero-order valence-electron chi connectivity index (χ0n) is 16.5.